The lowest BCUT2D eigenvalue weighted by molar-refractivity contribution is 0.667. The molecular formula is C13H14N4. The Morgan fingerprint density at radius 1 is 1.35 bits per heavy atom. The van der Waals surface area contributed by atoms with Crippen LogP contribution in [0.4, 0.5) is 0 Å². The zero-order valence-electron chi connectivity index (χ0n) is 9.50. The number of hydrogen-bond donors (Lipinski definition) is 1. The average Bonchev–Trinajstić information content (AvgIpc) is 2.75. The number of hydrogen-bond acceptors (Lipinski definition) is 3. The molecule has 0 amide bonds. The van der Waals surface area contributed by atoms with Crippen LogP contribution in [0.1, 0.15) is 5.69 Å². The van der Waals surface area contributed by atoms with Crippen LogP contribution in [0.5, 0.6) is 0 Å². The van der Waals surface area contributed by atoms with Crippen LogP contribution in [0.15, 0.2) is 30.6 Å². The van der Waals surface area contributed by atoms with E-state index in [1.54, 1.807) is 12.4 Å². The number of nitrogens with zero attached hydrogens (tertiary/aromatic N) is 3. The van der Waals surface area contributed by atoms with E-state index in [-0.39, 0.29) is 0 Å². The van der Waals surface area contributed by atoms with E-state index in [2.05, 4.69) is 16.0 Å². The lowest BCUT2D eigenvalue weighted by Crippen LogP contribution is -2.09. The molecule has 0 saturated carbocycles. The molecule has 17 heavy (non-hydrogen) atoms. The average molecular weight is 226 g/mol. The van der Waals surface area contributed by atoms with Gasteiger partial charge in [-0.25, -0.2) is 0 Å². The summed E-state index contributed by atoms with van der Waals surface area (Å²) >= 11 is 0. The van der Waals surface area contributed by atoms with Gasteiger partial charge in [0.15, 0.2) is 0 Å². The predicted octanol–water partition coefficient (Wildman–Crippen LogP) is 1.08. The number of rotatable bonds is 4. The summed E-state index contributed by atoms with van der Waals surface area (Å²) in [5.41, 5.74) is 8.58. The molecule has 4 heteroatoms. The van der Waals surface area contributed by atoms with Crippen LogP contribution in [0, 0.1) is 12.3 Å². The SMILES string of the molecule is C#CCn1nc(-c2ccncc2)cc1CCN. The van der Waals surface area contributed by atoms with E-state index in [1.807, 2.05) is 22.9 Å². The minimum atomic E-state index is 0.473. The van der Waals surface area contributed by atoms with E-state index in [0.717, 1.165) is 23.4 Å². The molecule has 2 aromatic heterocycles. The molecule has 0 bridgehead atoms. The van der Waals surface area contributed by atoms with Gasteiger partial charge in [-0.15, -0.1) is 6.42 Å². The summed E-state index contributed by atoms with van der Waals surface area (Å²) in [6, 6.07) is 5.88. The van der Waals surface area contributed by atoms with Crippen molar-refractivity contribution in [2.75, 3.05) is 6.54 Å². The fraction of sp³-hybridized carbons (Fsp3) is 0.231. The molecule has 0 fully saturated rings. The van der Waals surface area contributed by atoms with Gasteiger partial charge in [-0.05, 0) is 24.7 Å². The molecule has 2 heterocycles. The molecule has 0 spiro atoms. The first kappa shape index (κ1) is 11.4. The normalized spacial score (nSPS) is 10.1. The summed E-state index contributed by atoms with van der Waals surface area (Å²) in [5.74, 6) is 2.59. The van der Waals surface area contributed by atoms with E-state index in [4.69, 9.17) is 12.2 Å². The summed E-state index contributed by atoms with van der Waals surface area (Å²) < 4.78 is 1.82. The van der Waals surface area contributed by atoms with Crippen molar-refractivity contribution in [2.45, 2.75) is 13.0 Å². The second-order valence-electron chi connectivity index (χ2n) is 3.66. The van der Waals surface area contributed by atoms with Crippen molar-refractivity contribution in [3.05, 3.63) is 36.3 Å². The van der Waals surface area contributed by atoms with Crippen LogP contribution >= 0.6 is 0 Å². The first-order valence-corrected chi connectivity index (χ1v) is 5.46. The highest BCUT2D eigenvalue weighted by Crippen LogP contribution is 2.18. The van der Waals surface area contributed by atoms with E-state index in [1.165, 1.54) is 0 Å². The maximum Gasteiger partial charge on any atom is 0.102 e. The molecule has 0 saturated heterocycles. The largest absolute Gasteiger partial charge is 0.330 e. The Morgan fingerprint density at radius 3 is 2.76 bits per heavy atom. The number of pyridine rings is 1. The molecular weight excluding hydrogens is 212 g/mol. The topological polar surface area (TPSA) is 56.7 Å². The molecule has 0 radical (unpaired) electrons. The quantitative estimate of drug-likeness (QED) is 0.794. The molecule has 0 unspecified atom stereocenters. The minimum absolute atomic E-state index is 0.473. The molecule has 0 atom stereocenters. The van der Waals surface area contributed by atoms with Crippen LogP contribution in [0.25, 0.3) is 11.3 Å². The van der Waals surface area contributed by atoms with Crippen LogP contribution in [0.2, 0.25) is 0 Å². The number of nitrogens with two attached hydrogens (primary N) is 1. The lowest BCUT2D eigenvalue weighted by Gasteiger charge is -2.00. The summed E-state index contributed by atoms with van der Waals surface area (Å²) in [4.78, 5) is 3.99. The molecule has 0 aliphatic heterocycles. The Morgan fingerprint density at radius 2 is 2.12 bits per heavy atom. The van der Waals surface area contributed by atoms with Crippen LogP contribution in [-0.4, -0.2) is 21.3 Å². The molecule has 86 valence electrons. The third-order valence-corrected chi connectivity index (χ3v) is 2.48. The summed E-state index contributed by atoms with van der Waals surface area (Å²) in [6.07, 6.45) is 9.60. The molecule has 2 aromatic rings. The van der Waals surface area contributed by atoms with Crippen molar-refractivity contribution < 1.29 is 0 Å². The zero-order chi connectivity index (χ0) is 12.1. The van der Waals surface area contributed by atoms with Gasteiger partial charge in [-0.1, -0.05) is 5.92 Å². The first-order valence-electron chi connectivity index (χ1n) is 5.46. The highest BCUT2D eigenvalue weighted by atomic mass is 15.3. The van der Waals surface area contributed by atoms with Gasteiger partial charge in [0, 0.05) is 30.1 Å². The van der Waals surface area contributed by atoms with E-state index >= 15 is 0 Å². The maximum absolute atomic E-state index is 5.57. The zero-order valence-corrected chi connectivity index (χ0v) is 9.50. The van der Waals surface area contributed by atoms with Gasteiger partial charge in [0.05, 0.1) is 5.69 Å². The van der Waals surface area contributed by atoms with E-state index < -0.39 is 0 Å². The van der Waals surface area contributed by atoms with Crippen LogP contribution in [-0.2, 0) is 13.0 Å². The number of aromatic nitrogens is 3. The van der Waals surface area contributed by atoms with Gasteiger partial charge in [0.2, 0.25) is 0 Å². The maximum atomic E-state index is 5.57. The van der Waals surface area contributed by atoms with Gasteiger partial charge in [0.25, 0.3) is 0 Å². The van der Waals surface area contributed by atoms with Gasteiger partial charge in [-0.2, -0.15) is 5.10 Å². The fourth-order valence-corrected chi connectivity index (χ4v) is 1.69. The predicted molar refractivity (Wildman–Crippen MR) is 67.0 cm³/mol. The second-order valence-corrected chi connectivity index (χ2v) is 3.66. The molecule has 2 rings (SSSR count). The molecule has 0 aliphatic rings. The Kier molecular flexibility index (Phi) is 3.53. The summed E-state index contributed by atoms with van der Waals surface area (Å²) in [7, 11) is 0. The molecule has 0 aromatic carbocycles. The first-order chi connectivity index (χ1) is 8.35. The van der Waals surface area contributed by atoms with E-state index in [9.17, 15) is 0 Å². The van der Waals surface area contributed by atoms with E-state index in [0.29, 0.717) is 13.1 Å². The van der Waals surface area contributed by atoms with Gasteiger partial charge >= 0.3 is 0 Å². The molecule has 0 aliphatic carbocycles. The summed E-state index contributed by atoms with van der Waals surface area (Å²) in [6.45, 7) is 1.06. The Balaban J connectivity index is 2.37. The van der Waals surface area contributed by atoms with Crippen molar-refractivity contribution in [3.63, 3.8) is 0 Å². The lowest BCUT2D eigenvalue weighted by atomic mass is 10.2. The Labute approximate surface area is 100 Å². The van der Waals surface area contributed by atoms with Gasteiger partial charge < -0.3 is 5.73 Å². The van der Waals surface area contributed by atoms with Crippen LogP contribution in [0.3, 0.4) is 0 Å². The summed E-state index contributed by atoms with van der Waals surface area (Å²) in [5, 5.41) is 4.48. The third-order valence-electron chi connectivity index (χ3n) is 2.48. The Bertz CT molecular complexity index is 522. The third kappa shape index (κ3) is 2.52. The fourth-order valence-electron chi connectivity index (χ4n) is 1.69. The Hall–Kier alpha value is -2.12. The highest BCUT2D eigenvalue weighted by Gasteiger charge is 2.07. The van der Waals surface area contributed by atoms with Crippen molar-refractivity contribution >= 4 is 0 Å². The number of terminal acetylenes is 1. The van der Waals surface area contributed by atoms with Gasteiger partial charge in [0.1, 0.15) is 6.54 Å². The monoisotopic (exact) mass is 226 g/mol. The van der Waals surface area contributed by atoms with Crippen molar-refractivity contribution in [1.29, 1.82) is 0 Å². The minimum Gasteiger partial charge on any atom is -0.330 e. The second kappa shape index (κ2) is 5.28. The standard InChI is InChI=1S/C13H14N4/c1-2-9-17-12(3-6-14)10-13(16-17)11-4-7-15-8-5-11/h1,4-5,7-8,10H,3,6,9,14H2. The highest BCUT2D eigenvalue weighted by molar-refractivity contribution is 5.58. The molecule has 2 N–H and O–H groups in total. The molecule has 4 nitrogen and oxygen atoms in total. The van der Waals surface area contributed by atoms with Crippen molar-refractivity contribution in [3.8, 4) is 23.6 Å². The smallest absolute Gasteiger partial charge is 0.102 e. The van der Waals surface area contributed by atoms with Crippen molar-refractivity contribution in [2.24, 2.45) is 5.73 Å². The van der Waals surface area contributed by atoms with Gasteiger partial charge in [-0.3, -0.25) is 9.67 Å². The van der Waals surface area contributed by atoms with Crippen LogP contribution < -0.4 is 5.73 Å². The van der Waals surface area contributed by atoms with Crippen molar-refractivity contribution in [1.82, 2.24) is 14.8 Å².